The first-order valence-corrected chi connectivity index (χ1v) is 11.5. The molecule has 31 heavy (non-hydrogen) atoms. The van der Waals surface area contributed by atoms with Crippen molar-refractivity contribution in [2.45, 2.75) is 38.1 Å². The molecule has 0 radical (unpaired) electrons. The molecule has 0 bridgehead atoms. The Morgan fingerprint density at radius 2 is 1.65 bits per heavy atom. The molecule has 1 heterocycles. The van der Waals surface area contributed by atoms with Gasteiger partial charge in [-0.25, -0.2) is 0 Å². The number of benzene rings is 3. The van der Waals surface area contributed by atoms with Crippen LogP contribution in [0.25, 0.3) is 0 Å². The van der Waals surface area contributed by atoms with Crippen LogP contribution in [0, 0.1) is 0 Å². The van der Waals surface area contributed by atoms with E-state index in [1.54, 1.807) is 12.1 Å². The summed E-state index contributed by atoms with van der Waals surface area (Å²) in [6.45, 7) is 6.66. The van der Waals surface area contributed by atoms with Crippen molar-refractivity contribution < 1.29 is 4.79 Å². The van der Waals surface area contributed by atoms with E-state index in [4.69, 9.17) is 12.2 Å². The molecule has 158 valence electrons. The number of fused-ring (bicyclic) bond motifs is 1. The van der Waals surface area contributed by atoms with E-state index in [1.165, 1.54) is 11.1 Å². The zero-order valence-electron chi connectivity index (χ0n) is 17.9. The van der Waals surface area contributed by atoms with Gasteiger partial charge < -0.3 is 4.90 Å². The predicted molar refractivity (Wildman–Crippen MR) is 135 cm³/mol. The number of hydrogen-bond donors (Lipinski definition) is 1. The van der Waals surface area contributed by atoms with Gasteiger partial charge in [-0.15, -0.1) is 0 Å². The summed E-state index contributed by atoms with van der Waals surface area (Å²) in [6, 6.07) is 26.3. The van der Waals surface area contributed by atoms with E-state index in [0.717, 1.165) is 16.6 Å². The van der Waals surface area contributed by atoms with Gasteiger partial charge in [0.25, 0.3) is 5.91 Å². The molecule has 3 aromatic carbocycles. The minimum atomic E-state index is -0.305. The Labute approximate surface area is 197 Å². The maximum atomic E-state index is 12.9. The Hall–Kier alpha value is -2.50. The van der Waals surface area contributed by atoms with E-state index in [-0.39, 0.29) is 16.9 Å². The molecule has 0 unspecified atom stereocenters. The topological polar surface area (TPSA) is 32.3 Å². The van der Waals surface area contributed by atoms with Gasteiger partial charge in [0.1, 0.15) is 0 Å². The molecular weight excluding hydrogens is 468 g/mol. The number of halogens is 1. The van der Waals surface area contributed by atoms with E-state index in [0.29, 0.717) is 10.7 Å². The predicted octanol–water partition coefficient (Wildman–Crippen LogP) is 6.46. The van der Waals surface area contributed by atoms with Gasteiger partial charge in [-0.1, -0.05) is 77.5 Å². The number of nitrogens with one attached hydrogen (secondary N) is 1. The highest BCUT2D eigenvalue weighted by Gasteiger charge is 2.46. The summed E-state index contributed by atoms with van der Waals surface area (Å²) in [5.74, 6) is -0.212. The van der Waals surface area contributed by atoms with E-state index >= 15 is 0 Å². The Bertz CT molecular complexity index is 1140. The third kappa shape index (κ3) is 4.04. The normalized spacial score (nSPS) is 19.4. The Kier molecular flexibility index (Phi) is 5.75. The number of carbonyl (C=O) groups is 1. The zero-order chi connectivity index (χ0) is 22.2. The average molecular weight is 493 g/mol. The van der Waals surface area contributed by atoms with Crippen LogP contribution in [0.1, 0.15) is 48.7 Å². The smallest absolute Gasteiger partial charge is 0.257 e. The van der Waals surface area contributed by atoms with Crippen molar-refractivity contribution in [3.8, 4) is 0 Å². The molecule has 0 saturated carbocycles. The van der Waals surface area contributed by atoms with Gasteiger partial charge in [0.05, 0.1) is 0 Å². The number of thiocarbonyl (C=S) groups is 1. The average Bonchev–Trinajstić information content (AvgIpc) is 2.73. The molecule has 5 heteroatoms. The molecule has 1 aliphatic heterocycles. The van der Waals surface area contributed by atoms with Crippen molar-refractivity contribution in [1.82, 2.24) is 5.32 Å². The van der Waals surface area contributed by atoms with Gasteiger partial charge in [0.2, 0.25) is 0 Å². The van der Waals surface area contributed by atoms with Crippen LogP contribution in [0.4, 0.5) is 5.69 Å². The van der Waals surface area contributed by atoms with Crippen molar-refractivity contribution in [3.05, 3.63) is 100 Å². The molecule has 0 aromatic heterocycles. The molecule has 0 saturated heterocycles. The van der Waals surface area contributed by atoms with Gasteiger partial charge in [0.15, 0.2) is 5.11 Å². The molecule has 0 spiro atoms. The van der Waals surface area contributed by atoms with Crippen LogP contribution in [-0.2, 0) is 5.41 Å². The molecular formula is C26H25BrN2OS. The summed E-state index contributed by atoms with van der Waals surface area (Å²) >= 11 is 9.21. The van der Waals surface area contributed by atoms with Gasteiger partial charge in [-0.3, -0.25) is 10.1 Å². The van der Waals surface area contributed by atoms with Gasteiger partial charge in [-0.2, -0.15) is 0 Å². The fourth-order valence-corrected chi connectivity index (χ4v) is 5.64. The van der Waals surface area contributed by atoms with Crippen molar-refractivity contribution in [1.29, 1.82) is 0 Å². The third-order valence-electron chi connectivity index (χ3n) is 6.05. The first kappa shape index (κ1) is 21.7. The lowest BCUT2D eigenvalue weighted by molar-refractivity contribution is 0.0976. The van der Waals surface area contributed by atoms with E-state index in [2.05, 4.69) is 89.4 Å². The fourth-order valence-electron chi connectivity index (χ4n) is 4.80. The molecule has 3 aromatic rings. The van der Waals surface area contributed by atoms with E-state index in [9.17, 15) is 4.79 Å². The summed E-state index contributed by atoms with van der Waals surface area (Å²) in [6.07, 6.45) is 0.855. The van der Waals surface area contributed by atoms with Crippen LogP contribution in [0.3, 0.4) is 0 Å². The highest BCUT2D eigenvalue weighted by Crippen LogP contribution is 2.50. The number of para-hydroxylation sites is 1. The summed E-state index contributed by atoms with van der Waals surface area (Å²) in [7, 11) is 0. The lowest BCUT2D eigenvalue weighted by Crippen LogP contribution is -2.59. The van der Waals surface area contributed by atoms with Crippen LogP contribution < -0.4 is 10.2 Å². The van der Waals surface area contributed by atoms with Crippen molar-refractivity contribution >= 4 is 44.9 Å². The molecule has 1 aliphatic rings. The first-order chi connectivity index (χ1) is 14.7. The number of amides is 1. The number of nitrogens with zero attached hydrogens (tertiary/aromatic N) is 1. The maximum Gasteiger partial charge on any atom is 0.257 e. The van der Waals surface area contributed by atoms with Crippen molar-refractivity contribution in [2.24, 2.45) is 0 Å². The lowest BCUT2D eigenvalue weighted by atomic mass is 9.65. The third-order valence-corrected chi connectivity index (χ3v) is 6.83. The minimum absolute atomic E-state index is 0.165. The van der Waals surface area contributed by atoms with E-state index < -0.39 is 0 Å². The molecule has 4 rings (SSSR count). The standard InChI is InChI=1S/C26H25BrN2OS/c1-25(2)17-26(3,19-11-5-4-6-12-19)21-14-7-8-15-22(21)29(25)24(31)28-23(30)18-10-9-13-20(27)16-18/h4-16H,17H2,1-3H3,(H,28,30,31)/t26-/m1/s1. The number of rotatable bonds is 2. The summed E-state index contributed by atoms with van der Waals surface area (Å²) in [4.78, 5) is 15.0. The van der Waals surface area contributed by atoms with Gasteiger partial charge in [-0.05, 0) is 67.9 Å². The largest absolute Gasteiger partial charge is 0.313 e. The second-order valence-corrected chi connectivity index (χ2v) is 10.1. The summed E-state index contributed by atoms with van der Waals surface area (Å²) < 4.78 is 0.855. The lowest BCUT2D eigenvalue weighted by Gasteiger charge is -2.52. The first-order valence-electron chi connectivity index (χ1n) is 10.3. The second-order valence-electron chi connectivity index (χ2n) is 8.81. The Balaban J connectivity index is 1.73. The molecule has 3 nitrogen and oxygen atoms in total. The highest BCUT2D eigenvalue weighted by molar-refractivity contribution is 9.10. The SMILES string of the molecule is CC1(C)C[C@](C)(c2ccccc2)c2ccccc2N1C(=S)NC(=O)c1cccc(Br)c1. The van der Waals surface area contributed by atoms with Crippen LogP contribution in [-0.4, -0.2) is 16.6 Å². The van der Waals surface area contributed by atoms with E-state index in [1.807, 2.05) is 24.3 Å². The molecule has 1 atom stereocenters. The second kappa shape index (κ2) is 8.21. The van der Waals surface area contributed by atoms with Gasteiger partial charge in [0, 0.05) is 26.7 Å². The summed E-state index contributed by atoms with van der Waals surface area (Å²) in [5.41, 5.74) is 3.61. The van der Waals surface area contributed by atoms with Crippen LogP contribution in [0.15, 0.2) is 83.3 Å². The number of hydrogen-bond acceptors (Lipinski definition) is 2. The number of anilines is 1. The zero-order valence-corrected chi connectivity index (χ0v) is 20.3. The van der Waals surface area contributed by atoms with Crippen LogP contribution in [0.5, 0.6) is 0 Å². The maximum absolute atomic E-state index is 12.9. The molecule has 0 fully saturated rings. The van der Waals surface area contributed by atoms with Crippen LogP contribution >= 0.6 is 28.1 Å². The van der Waals surface area contributed by atoms with Crippen molar-refractivity contribution in [2.75, 3.05) is 4.90 Å². The molecule has 1 N–H and O–H groups in total. The molecule has 1 amide bonds. The van der Waals surface area contributed by atoms with Gasteiger partial charge >= 0.3 is 0 Å². The summed E-state index contributed by atoms with van der Waals surface area (Å²) in [5, 5.41) is 3.37. The van der Waals surface area contributed by atoms with Crippen molar-refractivity contribution in [3.63, 3.8) is 0 Å². The monoisotopic (exact) mass is 492 g/mol. The molecule has 0 aliphatic carbocycles. The Morgan fingerprint density at radius 3 is 2.35 bits per heavy atom. The number of carbonyl (C=O) groups excluding carboxylic acids is 1. The van der Waals surface area contributed by atoms with Crippen LogP contribution in [0.2, 0.25) is 0 Å². The highest BCUT2D eigenvalue weighted by atomic mass is 79.9. The fraction of sp³-hybridized carbons (Fsp3) is 0.231. The Morgan fingerprint density at radius 1 is 0.968 bits per heavy atom. The minimum Gasteiger partial charge on any atom is -0.313 e. The quantitative estimate of drug-likeness (QED) is 0.416.